The Balaban J connectivity index is 2.08. The van der Waals surface area contributed by atoms with E-state index in [2.05, 4.69) is 45.1 Å². The lowest BCUT2D eigenvalue weighted by Gasteiger charge is -2.31. The van der Waals surface area contributed by atoms with Crippen LogP contribution in [-0.2, 0) is 0 Å². The van der Waals surface area contributed by atoms with Gasteiger partial charge in [-0.25, -0.2) is 0 Å². The smallest absolute Gasteiger partial charge is 0.133 e. The standard InChI is InChI=1S/C27H23BBrNO/c1-17-18(2)25(28)27(31)26(19(17)3)30(22-13-9-12-21(29)16-22)24-15-8-7-14-23(24)20-10-5-4-6-11-20/h4-16,31H,1-3H3. The molecule has 4 heteroatoms. The molecule has 152 valence electrons. The number of halogens is 1. The van der Waals surface area contributed by atoms with Crippen LogP contribution >= 0.6 is 15.9 Å². The largest absolute Gasteiger partial charge is 0.506 e. The third-order valence-electron chi connectivity index (χ3n) is 5.88. The van der Waals surface area contributed by atoms with Crippen LogP contribution in [0.4, 0.5) is 17.1 Å². The average Bonchev–Trinajstić information content (AvgIpc) is 2.80. The van der Waals surface area contributed by atoms with Gasteiger partial charge in [0.2, 0.25) is 0 Å². The summed E-state index contributed by atoms with van der Waals surface area (Å²) in [5.41, 5.74) is 8.15. The van der Waals surface area contributed by atoms with Gasteiger partial charge in [-0.3, -0.25) is 0 Å². The van der Waals surface area contributed by atoms with Crippen LogP contribution in [-0.4, -0.2) is 13.0 Å². The molecule has 1 N–H and O–H groups in total. The molecule has 4 aromatic carbocycles. The third kappa shape index (κ3) is 3.88. The average molecular weight is 468 g/mol. The number of phenols is 1. The molecule has 2 radical (unpaired) electrons. The molecule has 0 saturated heterocycles. The summed E-state index contributed by atoms with van der Waals surface area (Å²) >= 11 is 3.60. The molecule has 0 aliphatic rings. The second-order valence-corrected chi connectivity index (χ2v) is 8.60. The lowest BCUT2D eigenvalue weighted by molar-refractivity contribution is 0.480. The number of benzene rings is 4. The van der Waals surface area contributed by atoms with Crippen molar-refractivity contribution in [2.75, 3.05) is 4.90 Å². The van der Waals surface area contributed by atoms with Gasteiger partial charge in [-0.1, -0.05) is 81.6 Å². The number of para-hydroxylation sites is 1. The van der Waals surface area contributed by atoms with Gasteiger partial charge in [0.25, 0.3) is 0 Å². The summed E-state index contributed by atoms with van der Waals surface area (Å²) in [5.74, 6) is 0.100. The zero-order chi connectivity index (χ0) is 22.1. The van der Waals surface area contributed by atoms with Crippen LogP contribution < -0.4 is 10.4 Å². The molecule has 0 fully saturated rings. The van der Waals surface area contributed by atoms with Crippen LogP contribution in [0.3, 0.4) is 0 Å². The predicted octanol–water partition coefficient (Wildman–Crippen LogP) is 7.01. The maximum Gasteiger partial charge on any atom is 0.133 e. The minimum absolute atomic E-state index is 0.100. The predicted molar refractivity (Wildman–Crippen MR) is 136 cm³/mol. The number of aromatic hydroxyl groups is 1. The maximum atomic E-state index is 11.2. The third-order valence-corrected chi connectivity index (χ3v) is 6.38. The van der Waals surface area contributed by atoms with E-state index in [9.17, 15) is 5.11 Å². The van der Waals surface area contributed by atoms with Gasteiger partial charge in [0.15, 0.2) is 0 Å². The van der Waals surface area contributed by atoms with E-state index >= 15 is 0 Å². The Morgan fingerprint density at radius 2 is 1.45 bits per heavy atom. The van der Waals surface area contributed by atoms with Crippen molar-refractivity contribution in [2.45, 2.75) is 20.8 Å². The van der Waals surface area contributed by atoms with E-state index in [-0.39, 0.29) is 5.75 Å². The van der Waals surface area contributed by atoms with Gasteiger partial charge in [0, 0.05) is 15.7 Å². The van der Waals surface area contributed by atoms with Gasteiger partial charge in [-0.2, -0.15) is 0 Å². The Morgan fingerprint density at radius 1 is 0.774 bits per heavy atom. The van der Waals surface area contributed by atoms with Crippen LogP contribution in [0.1, 0.15) is 16.7 Å². The van der Waals surface area contributed by atoms with E-state index in [0.29, 0.717) is 11.2 Å². The summed E-state index contributed by atoms with van der Waals surface area (Å²) < 4.78 is 0.959. The molecule has 0 atom stereocenters. The first-order valence-electron chi connectivity index (χ1n) is 10.2. The van der Waals surface area contributed by atoms with Crippen molar-refractivity contribution in [2.24, 2.45) is 0 Å². The van der Waals surface area contributed by atoms with Gasteiger partial charge in [0.1, 0.15) is 13.6 Å². The van der Waals surface area contributed by atoms with Crippen LogP contribution in [0, 0.1) is 20.8 Å². The number of rotatable bonds is 4. The van der Waals surface area contributed by atoms with Crippen molar-refractivity contribution < 1.29 is 5.11 Å². The summed E-state index contributed by atoms with van der Waals surface area (Å²) in [6.45, 7) is 6.03. The zero-order valence-electron chi connectivity index (χ0n) is 17.9. The molecular formula is C27H23BBrNO. The topological polar surface area (TPSA) is 23.5 Å². The van der Waals surface area contributed by atoms with Crippen molar-refractivity contribution >= 4 is 46.3 Å². The number of phenolic OH excluding ortho intramolecular Hbond substituents is 1. The molecule has 4 aromatic rings. The van der Waals surface area contributed by atoms with Crippen molar-refractivity contribution in [3.63, 3.8) is 0 Å². The van der Waals surface area contributed by atoms with Crippen molar-refractivity contribution in [1.29, 1.82) is 0 Å². The zero-order valence-corrected chi connectivity index (χ0v) is 19.4. The minimum Gasteiger partial charge on any atom is -0.506 e. The van der Waals surface area contributed by atoms with Gasteiger partial charge in [0.05, 0.1) is 11.4 Å². The van der Waals surface area contributed by atoms with Crippen LogP contribution in [0.15, 0.2) is 83.3 Å². The molecule has 31 heavy (non-hydrogen) atoms. The van der Waals surface area contributed by atoms with Crippen LogP contribution in [0.25, 0.3) is 11.1 Å². The van der Waals surface area contributed by atoms with Crippen molar-refractivity contribution in [3.8, 4) is 16.9 Å². The van der Waals surface area contributed by atoms with E-state index in [4.69, 9.17) is 7.85 Å². The van der Waals surface area contributed by atoms with Gasteiger partial charge in [-0.15, -0.1) is 0 Å². The van der Waals surface area contributed by atoms with Gasteiger partial charge in [-0.05, 0) is 61.7 Å². The highest BCUT2D eigenvalue weighted by atomic mass is 79.9. The fourth-order valence-corrected chi connectivity index (χ4v) is 4.34. The summed E-state index contributed by atoms with van der Waals surface area (Å²) in [7, 11) is 6.34. The molecule has 0 heterocycles. The first-order chi connectivity index (χ1) is 14.9. The van der Waals surface area contributed by atoms with E-state index in [1.54, 1.807) is 0 Å². The van der Waals surface area contributed by atoms with Crippen molar-refractivity contribution in [3.05, 3.63) is 100 Å². The quantitative estimate of drug-likeness (QED) is 0.326. The molecule has 0 saturated carbocycles. The SMILES string of the molecule is [B]c1c(C)c(C)c(C)c(N(c2cccc(Br)c2)c2ccccc2-c2ccccc2)c1O. The molecule has 0 aliphatic heterocycles. The molecule has 0 aromatic heterocycles. The van der Waals surface area contributed by atoms with Crippen molar-refractivity contribution in [1.82, 2.24) is 0 Å². The Morgan fingerprint density at radius 3 is 2.16 bits per heavy atom. The molecule has 4 rings (SSSR count). The summed E-state index contributed by atoms with van der Waals surface area (Å²) in [6, 6.07) is 26.6. The Kier molecular flexibility index (Phi) is 5.93. The second kappa shape index (κ2) is 8.64. The lowest BCUT2D eigenvalue weighted by Crippen LogP contribution is -2.19. The Labute approximate surface area is 193 Å². The Hall–Kier alpha value is -2.98. The van der Waals surface area contributed by atoms with E-state index < -0.39 is 0 Å². The molecule has 0 bridgehead atoms. The number of anilines is 3. The molecule has 0 unspecified atom stereocenters. The minimum atomic E-state index is 0.100. The normalized spacial score (nSPS) is 10.8. The van der Waals surface area contributed by atoms with Crippen LogP contribution in [0.5, 0.6) is 5.75 Å². The lowest BCUT2D eigenvalue weighted by atomic mass is 9.84. The monoisotopic (exact) mass is 467 g/mol. The van der Waals surface area contributed by atoms with E-state index in [0.717, 1.165) is 43.7 Å². The van der Waals surface area contributed by atoms with Crippen LogP contribution in [0.2, 0.25) is 0 Å². The first kappa shape index (κ1) is 21.3. The molecule has 0 aliphatic carbocycles. The highest BCUT2D eigenvalue weighted by Crippen LogP contribution is 2.46. The summed E-state index contributed by atoms with van der Waals surface area (Å²) in [5, 5.41) is 11.2. The molecule has 2 nitrogen and oxygen atoms in total. The maximum absolute atomic E-state index is 11.2. The van der Waals surface area contributed by atoms with E-state index in [1.165, 1.54) is 0 Å². The highest BCUT2D eigenvalue weighted by molar-refractivity contribution is 9.10. The summed E-state index contributed by atoms with van der Waals surface area (Å²) in [4.78, 5) is 2.10. The van der Waals surface area contributed by atoms with Gasteiger partial charge >= 0.3 is 0 Å². The summed E-state index contributed by atoms with van der Waals surface area (Å²) in [6.07, 6.45) is 0. The number of hydrogen-bond acceptors (Lipinski definition) is 2. The van der Waals surface area contributed by atoms with Gasteiger partial charge < -0.3 is 10.0 Å². The second-order valence-electron chi connectivity index (χ2n) is 7.68. The molecular weight excluding hydrogens is 445 g/mol. The Bertz CT molecular complexity index is 1220. The number of hydrogen-bond donors (Lipinski definition) is 1. The number of nitrogens with zero attached hydrogens (tertiary/aromatic N) is 1. The highest BCUT2D eigenvalue weighted by Gasteiger charge is 2.24. The van der Waals surface area contributed by atoms with E-state index in [1.807, 2.05) is 75.4 Å². The first-order valence-corrected chi connectivity index (χ1v) is 11.0. The fourth-order valence-electron chi connectivity index (χ4n) is 3.95. The molecule has 0 amide bonds. The fraction of sp³-hybridized carbons (Fsp3) is 0.111. The molecule has 0 spiro atoms.